The summed E-state index contributed by atoms with van der Waals surface area (Å²) in [5, 5.41) is 12.1. The highest BCUT2D eigenvalue weighted by atomic mass is 15.3. The van der Waals surface area contributed by atoms with E-state index in [1.165, 1.54) is 55.7 Å². The molecule has 2 heterocycles. The summed E-state index contributed by atoms with van der Waals surface area (Å²) in [6.07, 6.45) is 10.5. The van der Waals surface area contributed by atoms with Crippen molar-refractivity contribution in [2.45, 2.75) is 58.3 Å². The maximum atomic E-state index is 4.67. The molecular weight excluding hydrogens is 248 g/mol. The molecule has 1 aliphatic heterocycles. The van der Waals surface area contributed by atoms with Crippen molar-refractivity contribution in [1.29, 1.82) is 0 Å². The van der Waals surface area contributed by atoms with Gasteiger partial charge in [-0.3, -0.25) is 4.68 Å². The van der Waals surface area contributed by atoms with Gasteiger partial charge < -0.3 is 10.6 Å². The summed E-state index contributed by atoms with van der Waals surface area (Å²) in [6.45, 7) is 4.42. The second kappa shape index (κ2) is 5.66. The Morgan fingerprint density at radius 1 is 1.10 bits per heavy atom. The molecule has 0 aromatic carbocycles. The van der Waals surface area contributed by atoms with E-state index in [-0.39, 0.29) is 0 Å². The van der Waals surface area contributed by atoms with Gasteiger partial charge in [-0.15, -0.1) is 0 Å². The van der Waals surface area contributed by atoms with Gasteiger partial charge in [0.15, 0.2) is 0 Å². The van der Waals surface area contributed by atoms with E-state index in [0.717, 1.165) is 25.9 Å². The van der Waals surface area contributed by atoms with Crippen LogP contribution in [-0.4, -0.2) is 22.9 Å². The van der Waals surface area contributed by atoms with E-state index < -0.39 is 0 Å². The number of rotatable bonds is 2. The highest BCUT2D eigenvalue weighted by molar-refractivity contribution is 5.69. The minimum atomic E-state index is 0.443. The van der Waals surface area contributed by atoms with E-state index in [2.05, 4.69) is 29.7 Å². The molecule has 4 heteroatoms. The predicted octanol–water partition coefficient (Wildman–Crippen LogP) is 3.55. The van der Waals surface area contributed by atoms with Crippen LogP contribution in [0.4, 0.5) is 11.5 Å². The van der Waals surface area contributed by atoms with Crippen LogP contribution in [0.25, 0.3) is 0 Å². The van der Waals surface area contributed by atoms with E-state index in [4.69, 9.17) is 0 Å². The fraction of sp³-hybridized carbons (Fsp3) is 0.812. The van der Waals surface area contributed by atoms with E-state index in [1.54, 1.807) is 0 Å². The first-order chi connectivity index (χ1) is 9.74. The SMILES string of the molecule is CCCc1nn(C)c2c1NCC1(CCCCCC1)CN2. The van der Waals surface area contributed by atoms with Gasteiger partial charge in [0.25, 0.3) is 0 Å². The summed E-state index contributed by atoms with van der Waals surface area (Å²) in [7, 11) is 2.05. The molecule has 20 heavy (non-hydrogen) atoms. The van der Waals surface area contributed by atoms with E-state index >= 15 is 0 Å². The van der Waals surface area contributed by atoms with Crippen LogP contribution in [0, 0.1) is 5.41 Å². The van der Waals surface area contributed by atoms with Gasteiger partial charge >= 0.3 is 0 Å². The van der Waals surface area contributed by atoms with Crippen molar-refractivity contribution in [3.05, 3.63) is 5.69 Å². The van der Waals surface area contributed by atoms with Crippen molar-refractivity contribution < 1.29 is 0 Å². The maximum absolute atomic E-state index is 4.67. The molecule has 0 amide bonds. The normalized spacial score (nSPS) is 21.5. The van der Waals surface area contributed by atoms with Crippen LogP contribution >= 0.6 is 0 Å². The average molecular weight is 276 g/mol. The molecule has 0 saturated heterocycles. The van der Waals surface area contributed by atoms with Gasteiger partial charge in [0.1, 0.15) is 11.5 Å². The fourth-order valence-corrected chi connectivity index (χ4v) is 3.82. The third kappa shape index (κ3) is 2.52. The number of aromatic nitrogens is 2. The number of anilines is 2. The fourth-order valence-electron chi connectivity index (χ4n) is 3.82. The van der Waals surface area contributed by atoms with Gasteiger partial charge in [-0.25, -0.2) is 0 Å². The van der Waals surface area contributed by atoms with Gasteiger partial charge in [0.2, 0.25) is 0 Å². The number of aryl methyl sites for hydroxylation is 2. The molecule has 1 aromatic rings. The Morgan fingerprint density at radius 2 is 1.80 bits per heavy atom. The summed E-state index contributed by atoms with van der Waals surface area (Å²) in [4.78, 5) is 0. The Hall–Kier alpha value is -1.19. The molecule has 0 unspecified atom stereocenters. The second-order valence-corrected chi connectivity index (χ2v) is 6.67. The van der Waals surface area contributed by atoms with Crippen LogP contribution in [0.15, 0.2) is 0 Å². The van der Waals surface area contributed by atoms with Crippen molar-refractivity contribution in [3.63, 3.8) is 0 Å². The van der Waals surface area contributed by atoms with Crippen molar-refractivity contribution in [2.24, 2.45) is 12.5 Å². The number of fused-ring (bicyclic) bond motifs is 1. The Kier molecular flexibility index (Phi) is 3.90. The van der Waals surface area contributed by atoms with Crippen molar-refractivity contribution in [2.75, 3.05) is 23.7 Å². The topological polar surface area (TPSA) is 41.9 Å². The molecule has 2 N–H and O–H groups in total. The van der Waals surface area contributed by atoms with Crippen LogP contribution in [0.3, 0.4) is 0 Å². The lowest BCUT2D eigenvalue weighted by Gasteiger charge is -2.31. The van der Waals surface area contributed by atoms with Crippen molar-refractivity contribution in [1.82, 2.24) is 9.78 Å². The Balaban J connectivity index is 1.82. The summed E-state index contributed by atoms with van der Waals surface area (Å²) < 4.78 is 2.02. The summed E-state index contributed by atoms with van der Waals surface area (Å²) in [6, 6.07) is 0. The molecule has 1 aromatic heterocycles. The second-order valence-electron chi connectivity index (χ2n) is 6.67. The molecule has 0 atom stereocenters. The largest absolute Gasteiger partial charge is 0.380 e. The minimum Gasteiger partial charge on any atom is -0.380 e. The van der Waals surface area contributed by atoms with E-state index in [1.807, 2.05) is 4.68 Å². The standard InChI is InChI=1S/C16H28N4/c1-3-8-13-14-15(20(2)19-13)18-12-16(11-17-14)9-6-4-5-7-10-16/h17-18H,3-12H2,1-2H3. The summed E-state index contributed by atoms with van der Waals surface area (Å²) in [5.41, 5.74) is 2.93. The molecule has 4 nitrogen and oxygen atoms in total. The molecule has 0 bridgehead atoms. The molecule has 112 valence electrons. The lowest BCUT2D eigenvalue weighted by Crippen LogP contribution is -2.34. The number of hydrogen-bond acceptors (Lipinski definition) is 3. The Morgan fingerprint density at radius 3 is 2.50 bits per heavy atom. The lowest BCUT2D eigenvalue weighted by molar-refractivity contribution is 0.285. The molecule has 1 spiro atoms. The zero-order valence-electron chi connectivity index (χ0n) is 13.0. The first kappa shape index (κ1) is 13.8. The zero-order chi connectivity index (χ0) is 14.0. The zero-order valence-corrected chi connectivity index (χ0v) is 13.0. The molecule has 1 saturated carbocycles. The molecule has 2 aliphatic rings. The van der Waals surface area contributed by atoms with Crippen molar-refractivity contribution in [3.8, 4) is 0 Å². The number of nitrogens with one attached hydrogen (secondary N) is 2. The molecular formula is C16H28N4. The number of nitrogens with zero attached hydrogens (tertiary/aromatic N) is 2. The quantitative estimate of drug-likeness (QED) is 0.868. The first-order valence-corrected chi connectivity index (χ1v) is 8.28. The van der Waals surface area contributed by atoms with Crippen LogP contribution in [-0.2, 0) is 13.5 Å². The smallest absolute Gasteiger partial charge is 0.148 e. The summed E-state index contributed by atoms with van der Waals surface area (Å²) >= 11 is 0. The van der Waals surface area contributed by atoms with Crippen LogP contribution in [0.2, 0.25) is 0 Å². The minimum absolute atomic E-state index is 0.443. The predicted molar refractivity (Wildman–Crippen MR) is 84.3 cm³/mol. The van der Waals surface area contributed by atoms with Gasteiger partial charge in [-0.05, 0) is 19.3 Å². The molecule has 3 rings (SSSR count). The van der Waals surface area contributed by atoms with Crippen LogP contribution in [0.1, 0.15) is 57.6 Å². The van der Waals surface area contributed by atoms with Crippen LogP contribution in [0.5, 0.6) is 0 Å². The maximum Gasteiger partial charge on any atom is 0.148 e. The van der Waals surface area contributed by atoms with Gasteiger partial charge in [0, 0.05) is 25.6 Å². The molecule has 1 fully saturated rings. The third-order valence-corrected chi connectivity index (χ3v) is 5.04. The van der Waals surface area contributed by atoms with E-state index in [0.29, 0.717) is 5.41 Å². The highest BCUT2D eigenvalue weighted by Gasteiger charge is 2.34. The Labute approximate surface area is 122 Å². The van der Waals surface area contributed by atoms with Crippen molar-refractivity contribution >= 4 is 11.5 Å². The first-order valence-electron chi connectivity index (χ1n) is 8.28. The van der Waals surface area contributed by atoms with Gasteiger partial charge in [-0.1, -0.05) is 39.0 Å². The highest BCUT2D eigenvalue weighted by Crippen LogP contribution is 2.39. The molecule has 0 radical (unpaired) electrons. The number of hydrogen-bond donors (Lipinski definition) is 2. The Bertz CT molecular complexity index is 455. The summed E-state index contributed by atoms with van der Waals surface area (Å²) in [5.74, 6) is 1.19. The lowest BCUT2D eigenvalue weighted by atomic mass is 9.80. The van der Waals surface area contributed by atoms with Gasteiger partial charge in [-0.2, -0.15) is 5.10 Å². The van der Waals surface area contributed by atoms with Crippen LogP contribution < -0.4 is 10.6 Å². The monoisotopic (exact) mass is 276 g/mol. The molecule has 1 aliphatic carbocycles. The van der Waals surface area contributed by atoms with E-state index in [9.17, 15) is 0 Å². The van der Waals surface area contributed by atoms with Gasteiger partial charge in [0.05, 0.1) is 5.69 Å². The third-order valence-electron chi connectivity index (χ3n) is 5.04. The average Bonchev–Trinajstić information content (AvgIpc) is 2.66.